The normalized spacial score (nSPS) is 12.3. The van der Waals surface area contributed by atoms with Crippen molar-refractivity contribution < 1.29 is 21.6 Å². The number of nitrogens with two attached hydrogens (primary N) is 1. The van der Waals surface area contributed by atoms with Crippen LogP contribution in [0.1, 0.15) is 6.92 Å². The third-order valence-corrected chi connectivity index (χ3v) is 5.47. The SMILES string of the molecule is CCNS(=O)(=O)CCNS(=O)(=O)c1ccc(N)c(OC)c1. The van der Waals surface area contributed by atoms with Crippen molar-refractivity contribution >= 4 is 25.7 Å². The third kappa shape index (κ3) is 5.16. The number of nitrogen functional groups attached to an aromatic ring is 1. The molecular formula is C11H19N3O5S2. The van der Waals surface area contributed by atoms with Crippen molar-refractivity contribution in [1.82, 2.24) is 9.44 Å². The summed E-state index contributed by atoms with van der Waals surface area (Å²) >= 11 is 0. The maximum atomic E-state index is 12.0. The van der Waals surface area contributed by atoms with Crippen molar-refractivity contribution in [2.75, 3.05) is 31.7 Å². The van der Waals surface area contributed by atoms with Gasteiger partial charge in [0.2, 0.25) is 20.0 Å². The molecular weight excluding hydrogens is 318 g/mol. The van der Waals surface area contributed by atoms with E-state index in [1.54, 1.807) is 6.92 Å². The van der Waals surface area contributed by atoms with Gasteiger partial charge in [0, 0.05) is 19.2 Å². The first-order chi connectivity index (χ1) is 9.72. The average Bonchev–Trinajstić information content (AvgIpc) is 2.38. The molecule has 0 saturated carbocycles. The molecule has 0 amide bonds. The van der Waals surface area contributed by atoms with Gasteiger partial charge in [-0.25, -0.2) is 26.3 Å². The van der Waals surface area contributed by atoms with Gasteiger partial charge >= 0.3 is 0 Å². The van der Waals surface area contributed by atoms with E-state index in [0.29, 0.717) is 5.69 Å². The molecule has 10 heteroatoms. The number of anilines is 1. The number of nitrogens with one attached hydrogen (secondary N) is 2. The highest BCUT2D eigenvalue weighted by molar-refractivity contribution is 7.90. The van der Waals surface area contributed by atoms with E-state index >= 15 is 0 Å². The van der Waals surface area contributed by atoms with Crippen LogP contribution in [0.5, 0.6) is 5.75 Å². The number of benzene rings is 1. The van der Waals surface area contributed by atoms with Gasteiger partial charge in [0.25, 0.3) is 0 Å². The van der Waals surface area contributed by atoms with Crippen molar-refractivity contribution in [2.24, 2.45) is 0 Å². The van der Waals surface area contributed by atoms with Gasteiger partial charge < -0.3 is 10.5 Å². The third-order valence-electron chi connectivity index (χ3n) is 2.54. The van der Waals surface area contributed by atoms with Gasteiger partial charge in [0.15, 0.2) is 0 Å². The van der Waals surface area contributed by atoms with Crippen molar-refractivity contribution in [3.8, 4) is 5.75 Å². The van der Waals surface area contributed by atoms with Gasteiger partial charge in [-0.3, -0.25) is 0 Å². The van der Waals surface area contributed by atoms with Crippen LogP contribution in [-0.2, 0) is 20.0 Å². The molecule has 1 aromatic carbocycles. The van der Waals surface area contributed by atoms with Crippen LogP contribution in [0.2, 0.25) is 0 Å². The van der Waals surface area contributed by atoms with Gasteiger partial charge in [-0.2, -0.15) is 0 Å². The Morgan fingerprint density at radius 3 is 2.43 bits per heavy atom. The fraction of sp³-hybridized carbons (Fsp3) is 0.455. The Labute approximate surface area is 124 Å². The quantitative estimate of drug-likeness (QED) is 0.549. The predicted molar refractivity (Wildman–Crippen MR) is 80.1 cm³/mol. The lowest BCUT2D eigenvalue weighted by Gasteiger charge is -2.10. The summed E-state index contributed by atoms with van der Waals surface area (Å²) in [7, 11) is -5.93. The molecule has 0 aliphatic rings. The zero-order chi connectivity index (χ0) is 16.1. The molecule has 21 heavy (non-hydrogen) atoms. The van der Waals surface area contributed by atoms with Gasteiger partial charge in [-0.1, -0.05) is 6.92 Å². The van der Waals surface area contributed by atoms with E-state index in [1.165, 1.54) is 25.3 Å². The Bertz CT molecular complexity index is 686. The van der Waals surface area contributed by atoms with Crippen molar-refractivity contribution in [3.05, 3.63) is 18.2 Å². The molecule has 8 nitrogen and oxygen atoms in total. The maximum Gasteiger partial charge on any atom is 0.240 e. The molecule has 0 aromatic heterocycles. The molecule has 0 heterocycles. The standard InChI is InChI=1S/C11H19N3O5S2/c1-3-13-20(15,16)7-6-14-21(17,18)9-4-5-10(12)11(8-9)19-2/h4-5,8,13-14H,3,6-7,12H2,1-2H3. The largest absolute Gasteiger partial charge is 0.495 e. The summed E-state index contributed by atoms with van der Waals surface area (Å²) in [6, 6.07) is 4.00. The molecule has 1 rings (SSSR count). The van der Waals surface area contributed by atoms with Crippen molar-refractivity contribution in [1.29, 1.82) is 0 Å². The molecule has 0 atom stereocenters. The molecule has 0 aliphatic heterocycles. The van der Waals surface area contributed by atoms with Crippen molar-refractivity contribution in [2.45, 2.75) is 11.8 Å². The molecule has 120 valence electrons. The monoisotopic (exact) mass is 337 g/mol. The van der Waals surface area contributed by atoms with Crippen molar-refractivity contribution in [3.63, 3.8) is 0 Å². The minimum absolute atomic E-state index is 0.0469. The Kier molecular flexibility index (Phi) is 5.96. The molecule has 4 N–H and O–H groups in total. The first-order valence-corrected chi connectivity index (χ1v) is 9.26. The summed E-state index contributed by atoms with van der Waals surface area (Å²) in [5.74, 6) is -0.107. The number of hydrogen-bond donors (Lipinski definition) is 3. The molecule has 1 aromatic rings. The van der Waals surface area contributed by atoms with Crippen LogP contribution in [-0.4, -0.2) is 42.8 Å². The van der Waals surface area contributed by atoms with E-state index < -0.39 is 20.0 Å². The van der Waals surface area contributed by atoms with Crippen LogP contribution in [0, 0.1) is 0 Å². The number of methoxy groups -OCH3 is 1. The van der Waals surface area contributed by atoms with Crippen LogP contribution in [0.4, 0.5) is 5.69 Å². The Morgan fingerprint density at radius 1 is 1.19 bits per heavy atom. The Balaban J connectivity index is 2.79. The number of hydrogen-bond acceptors (Lipinski definition) is 6. The van der Waals surface area contributed by atoms with E-state index in [4.69, 9.17) is 10.5 Å². The average molecular weight is 337 g/mol. The molecule has 0 unspecified atom stereocenters. The Morgan fingerprint density at radius 2 is 1.86 bits per heavy atom. The van der Waals surface area contributed by atoms with Crippen LogP contribution in [0.25, 0.3) is 0 Å². The molecule has 0 saturated heterocycles. The molecule has 0 aliphatic carbocycles. The molecule has 0 spiro atoms. The lowest BCUT2D eigenvalue weighted by atomic mass is 10.3. The second-order valence-corrected chi connectivity index (χ2v) is 7.81. The number of rotatable bonds is 8. The second-order valence-electron chi connectivity index (χ2n) is 4.12. The smallest absolute Gasteiger partial charge is 0.240 e. The topological polar surface area (TPSA) is 128 Å². The first kappa shape index (κ1) is 17.7. The fourth-order valence-electron chi connectivity index (χ4n) is 1.54. The lowest BCUT2D eigenvalue weighted by molar-refractivity contribution is 0.415. The minimum atomic E-state index is -3.82. The summed E-state index contributed by atoms with van der Waals surface area (Å²) in [6.07, 6.45) is 0. The Hall–Kier alpha value is -1.36. The zero-order valence-corrected chi connectivity index (χ0v) is 13.4. The summed E-state index contributed by atoms with van der Waals surface area (Å²) < 4.78 is 56.3. The van der Waals surface area contributed by atoms with Gasteiger partial charge in [0.05, 0.1) is 23.4 Å². The molecule has 0 radical (unpaired) electrons. The summed E-state index contributed by atoms with van der Waals surface area (Å²) in [5.41, 5.74) is 5.92. The second kappa shape index (κ2) is 7.07. The first-order valence-electron chi connectivity index (χ1n) is 6.12. The minimum Gasteiger partial charge on any atom is -0.495 e. The van der Waals surface area contributed by atoms with E-state index in [2.05, 4.69) is 9.44 Å². The summed E-state index contributed by atoms with van der Waals surface area (Å²) in [6.45, 7) is 1.66. The summed E-state index contributed by atoms with van der Waals surface area (Å²) in [4.78, 5) is -0.0469. The van der Waals surface area contributed by atoms with Gasteiger partial charge in [-0.05, 0) is 12.1 Å². The van der Waals surface area contributed by atoms with E-state index in [9.17, 15) is 16.8 Å². The number of sulfonamides is 2. The van der Waals surface area contributed by atoms with E-state index in [-0.39, 0.29) is 29.5 Å². The van der Waals surface area contributed by atoms with Crippen LogP contribution in [0.15, 0.2) is 23.1 Å². The zero-order valence-electron chi connectivity index (χ0n) is 11.8. The van der Waals surface area contributed by atoms with Gasteiger partial charge in [0.1, 0.15) is 5.75 Å². The number of ether oxygens (including phenoxy) is 1. The van der Waals surface area contributed by atoms with E-state index in [0.717, 1.165) is 0 Å². The molecule has 0 bridgehead atoms. The van der Waals surface area contributed by atoms with Crippen LogP contribution < -0.4 is 19.9 Å². The lowest BCUT2D eigenvalue weighted by Crippen LogP contribution is -2.34. The van der Waals surface area contributed by atoms with E-state index in [1.807, 2.05) is 0 Å². The van der Waals surface area contributed by atoms with Crippen LogP contribution in [0.3, 0.4) is 0 Å². The van der Waals surface area contributed by atoms with Crippen LogP contribution >= 0.6 is 0 Å². The molecule has 0 fully saturated rings. The maximum absolute atomic E-state index is 12.0. The highest BCUT2D eigenvalue weighted by Crippen LogP contribution is 2.24. The fourth-order valence-corrected chi connectivity index (χ4v) is 3.68. The predicted octanol–water partition coefficient (Wildman–Crippen LogP) is -0.505. The highest BCUT2D eigenvalue weighted by Gasteiger charge is 2.17. The highest BCUT2D eigenvalue weighted by atomic mass is 32.2. The summed E-state index contributed by atoms with van der Waals surface area (Å²) in [5, 5.41) is 0. The van der Waals surface area contributed by atoms with Gasteiger partial charge in [-0.15, -0.1) is 0 Å².